The van der Waals surface area contributed by atoms with Crippen LogP contribution in [0.3, 0.4) is 0 Å². The van der Waals surface area contributed by atoms with E-state index < -0.39 is 0 Å². The quantitative estimate of drug-likeness (QED) is 0.109. The Labute approximate surface area is 528 Å². The molecule has 10 rings (SSSR count). The summed E-state index contributed by atoms with van der Waals surface area (Å²) in [4.78, 5) is 25.1. The number of hydrogen-bond donors (Lipinski definition) is 3. The molecule has 446 valence electrons. The molecule has 8 heterocycles. The molecule has 0 bridgehead atoms. The van der Waals surface area contributed by atoms with Crippen molar-refractivity contribution >= 4 is 181 Å². The highest BCUT2D eigenvalue weighted by atomic mass is 35.5. The first-order valence-electron chi connectivity index (χ1n) is 25.1. The number of anilines is 1. The van der Waals surface area contributed by atoms with Crippen LogP contribution >= 0.6 is 11.6 Å². The van der Waals surface area contributed by atoms with Crippen molar-refractivity contribution in [2.75, 3.05) is 20.0 Å². The fourth-order valence-corrected chi connectivity index (χ4v) is 34.1. The normalized spacial score (nSPS) is 10.8. The molecule has 0 aliphatic carbocycles. The van der Waals surface area contributed by atoms with Gasteiger partial charge in [-0.05, 0) is 97.1 Å². The highest BCUT2D eigenvalue weighted by molar-refractivity contribution is 8.75. The van der Waals surface area contributed by atoms with Gasteiger partial charge in [-0.1, -0.05) is 57.0 Å². The second-order valence-electron chi connectivity index (χ2n) is 18.5. The fourth-order valence-electron chi connectivity index (χ4n) is 9.11. The number of halogens is 1. The molecule has 0 radical (unpaired) electrons. The number of nitrogen functional groups attached to an aromatic ring is 1. The van der Waals surface area contributed by atoms with Gasteiger partial charge in [-0.25, -0.2) is 19.9 Å². The van der Waals surface area contributed by atoms with E-state index in [-0.39, 0.29) is 7.43 Å². The first-order chi connectivity index (χ1) is 39.4. The molecule has 0 saturated carbocycles. The van der Waals surface area contributed by atoms with E-state index in [1.165, 1.54) is 23.3 Å². The van der Waals surface area contributed by atoms with E-state index in [1.54, 1.807) is 94.1 Å². The predicted octanol–water partition coefficient (Wildman–Crippen LogP) is 12.2. The van der Waals surface area contributed by atoms with E-state index in [9.17, 15) is 0 Å². The van der Waals surface area contributed by atoms with Crippen molar-refractivity contribution in [3.8, 4) is 33.8 Å². The summed E-state index contributed by atoms with van der Waals surface area (Å²) in [5.74, 6) is 5.10. The third kappa shape index (κ3) is 16.6. The summed E-state index contributed by atoms with van der Waals surface area (Å²) in [5.41, 5.74) is 19.6. The highest BCUT2D eigenvalue weighted by Gasteiger charge is 2.23. The first-order valence-corrected chi connectivity index (χ1v) is 41.5. The van der Waals surface area contributed by atoms with Crippen molar-refractivity contribution in [1.82, 2.24) is 59.8 Å². The van der Waals surface area contributed by atoms with Crippen LogP contribution in [-0.4, -0.2) is 74.0 Å². The zero-order valence-corrected chi connectivity index (χ0v) is 58.5. The molecule has 2 aromatic carbocycles. The number of aromatic nitrogens is 12. The molecular formula is C52H64ClN13O4S13. The van der Waals surface area contributed by atoms with Crippen LogP contribution in [0, 0.1) is 41.5 Å². The largest absolute Gasteiger partial charge is 0.496 e. The van der Waals surface area contributed by atoms with Gasteiger partial charge in [0.2, 0.25) is 0 Å². The van der Waals surface area contributed by atoms with Crippen molar-refractivity contribution in [1.29, 1.82) is 0 Å². The zero-order chi connectivity index (χ0) is 59.4. The maximum Gasteiger partial charge on any atom is 0.143 e. The molecule has 0 saturated heterocycles. The number of fused-ring (bicyclic) bond motifs is 6. The van der Waals surface area contributed by atoms with Gasteiger partial charge in [-0.2, -0.15) is 10.2 Å². The fraction of sp³-hybridized carbons (Fsp3) is 0.385. The summed E-state index contributed by atoms with van der Waals surface area (Å²) < 4.78 is 26.0. The average molecular weight is 1390 g/mol. The van der Waals surface area contributed by atoms with Crippen molar-refractivity contribution in [2.24, 2.45) is 0 Å². The van der Waals surface area contributed by atoms with E-state index in [1.807, 2.05) is 69.2 Å². The number of aryl methyl sites for hydroxylation is 8. The van der Waals surface area contributed by atoms with Gasteiger partial charge in [0.1, 0.15) is 51.1 Å². The van der Waals surface area contributed by atoms with Gasteiger partial charge in [0.15, 0.2) is 0 Å². The smallest absolute Gasteiger partial charge is 0.143 e. The number of nitrogens with zero attached hydrogens (tertiary/aromatic N) is 10. The Balaban J connectivity index is 0.000000196. The molecule has 17 nitrogen and oxygen atoms in total. The number of nitrogens with one attached hydrogen (secondary N) is 2. The summed E-state index contributed by atoms with van der Waals surface area (Å²) >= 11 is 15.7. The topological polar surface area (TPSA) is 215 Å². The summed E-state index contributed by atoms with van der Waals surface area (Å²) in [5, 5.41) is 21.5. The van der Waals surface area contributed by atoms with E-state index in [0.717, 1.165) is 137 Å². The molecule has 0 amide bonds. The molecule has 0 unspecified atom stereocenters. The molecule has 4 N–H and O–H groups in total. The minimum Gasteiger partial charge on any atom is -0.496 e. The summed E-state index contributed by atoms with van der Waals surface area (Å²) in [6.45, 7) is 25.8. The first kappa shape index (κ1) is 67.7. The molecule has 83 heavy (non-hydrogen) atoms. The molecule has 0 fully saturated rings. The van der Waals surface area contributed by atoms with E-state index >= 15 is 0 Å². The predicted molar refractivity (Wildman–Crippen MR) is 374 cm³/mol. The van der Waals surface area contributed by atoms with Crippen LogP contribution in [0.25, 0.3) is 66.1 Å². The monoisotopic (exact) mass is 1390 g/mol. The van der Waals surface area contributed by atoms with Crippen LogP contribution in [0.4, 0.5) is 5.69 Å². The molecule has 8 aromatic heterocycles. The lowest BCUT2D eigenvalue weighted by Crippen LogP contribution is -2.01. The second-order valence-corrected chi connectivity index (χ2v) is 38.3. The molecule has 10 aromatic rings. The van der Waals surface area contributed by atoms with Crippen LogP contribution in [0.5, 0.6) is 11.5 Å². The lowest BCUT2D eigenvalue weighted by atomic mass is 9.98. The second kappa shape index (κ2) is 31.8. The maximum atomic E-state index is 6.33. The summed E-state index contributed by atoms with van der Waals surface area (Å²) in [7, 11) is 21.4. The zero-order valence-electron chi connectivity index (χ0n) is 47.1. The van der Waals surface area contributed by atoms with Gasteiger partial charge < -0.3 is 34.2 Å². The summed E-state index contributed by atoms with van der Waals surface area (Å²) in [6.07, 6.45) is 4.72. The minimum absolute atomic E-state index is 0. The number of ether oxygens (including phenoxy) is 2. The standard InChI is InChI=1S/C26H30N6O2.C17H15ClN4O2.C8H15N3.CH4.S13/c1-8-32-12-17(25(30-32)13(2)3)9-21-24-18-11-22(33-7)19(23-14(4)31-34-15(23)5)10-20(18)29-26(24)28-16(6)27-21;1-7-14(8(2)24-22-7)11-5-12-10(6-13(11)23-4)15-16(18)19-9(3)20-17(15)21-12;1-4-11-5-7(9)8(10-11)6(2)3;;1-3-5-7-9-11-13-12-10-8-6-4-2/h10-13H,8-9H2,1-7H3,(H,27,28,29);5-6H,1-4H3,(H,19,20,21);5-6H,4,9H2,1-3H3;1H4;. The lowest BCUT2D eigenvalue weighted by Gasteiger charge is -2.10. The number of H-pyrrole nitrogens is 2. The number of benzene rings is 2. The third-order valence-corrected chi connectivity index (χ3v) is 35.0. The minimum atomic E-state index is 0. The van der Waals surface area contributed by atoms with E-state index in [0.29, 0.717) is 34.9 Å². The molecule has 0 spiro atoms. The lowest BCUT2D eigenvalue weighted by molar-refractivity contribution is 0.393. The molecule has 0 aliphatic rings. The van der Waals surface area contributed by atoms with Crippen LogP contribution < -0.4 is 15.2 Å². The molecule has 0 atom stereocenters. The molecule has 0 aliphatic heterocycles. The van der Waals surface area contributed by atoms with Crippen LogP contribution in [0.1, 0.15) is 118 Å². The van der Waals surface area contributed by atoms with Crippen molar-refractivity contribution < 1.29 is 18.5 Å². The Hall–Kier alpha value is -4.41. The number of rotatable bonds is 10. The Bertz CT molecular complexity index is 4430. The Morgan fingerprint density at radius 1 is 0.614 bits per heavy atom. The number of aromatic amines is 2. The van der Waals surface area contributed by atoms with Gasteiger partial charge in [-0.3, -0.25) is 9.36 Å². The highest BCUT2D eigenvalue weighted by Crippen LogP contribution is 2.42. The number of hydrogen-bond acceptors (Lipinski definition) is 15. The van der Waals surface area contributed by atoms with Crippen LogP contribution in [0.15, 0.2) is 45.7 Å². The molecule has 31 heteroatoms. The maximum absolute atomic E-state index is 6.33. The number of nitrogens with two attached hydrogens (primary N) is 1. The Morgan fingerprint density at radius 3 is 1.46 bits per heavy atom. The van der Waals surface area contributed by atoms with Crippen molar-refractivity contribution in [3.63, 3.8) is 0 Å². The van der Waals surface area contributed by atoms with Gasteiger partial charge in [-0.15, -0.1) is 0 Å². The van der Waals surface area contributed by atoms with Crippen LogP contribution in [0.2, 0.25) is 5.15 Å². The van der Waals surface area contributed by atoms with Gasteiger partial charge >= 0.3 is 0 Å². The Morgan fingerprint density at radius 2 is 1.05 bits per heavy atom. The summed E-state index contributed by atoms with van der Waals surface area (Å²) in [6, 6.07) is 8.11. The van der Waals surface area contributed by atoms with E-state index in [4.69, 9.17) is 73.3 Å². The number of methoxy groups -OCH3 is 2. The SMILES string of the molecule is C.CCn1cc(Cc2nc(C)nc3[nH]c4cc(-c5c(C)noc5C)c(OC)cc4c23)c(C(C)C)n1.CCn1cc(N)c(C(C)C)n1.COc1cc2c(cc1-c1c(C)noc1C)[nH]c1nc(C)nc(Cl)c12.S=S=S=S=S=S=S=S=S=S=S=S=S. The third-order valence-electron chi connectivity index (χ3n) is 12.5. The van der Waals surface area contributed by atoms with Gasteiger partial charge in [0.25, 0.3) is 0 Å². The van der Waals surface area contributed by atoms with Crippen molar-refractivity contribution in [2.45, 2.75) is 122 Å². The average Bonchev–Trinajstić information content (AvgIpc) is 2.40. The van der Waals surface area contributed by atoms with E-state index in [2.05, 4.69) is 95.2 Å². The Kier molecular flexibility index (Phi) is 26.0. The van der Waals surface area contributed by atoms with Crippen LogP contribution in [-0.2, 0) is 140 Å². The molecular weight excluding hydrogens is 1320 g/mol. The van der Waals surface area contributed by atoms with Gasteiger partial charge in [0, 0.05) is 190 Å². The van der Waals surface area contributed by atoms with Crippen molar-refractivity contribution in [3.05, 3.63) is 99.0 Å². The van der Waals surface area contributed by atoms with Gasteiger partial charge in [0.05, 0.1) is 64.9 Å².